The number of carboxylic acid groups (broad SMARTS) is 1. The summed E-state index contributed by atoms with van der Waals surface area (Å²) in [7, 11) is 1.81. The number of hydrogen-bond donors (Lipinski definition) is 2. The van der Waals surface area contributed by atoms with E-state index in [4.69, 9.17) is 5.11 Å². The summed E-state index contributed by atoms with van der Waals surface area (Å²) in [4.78, 5) is 22.9. The van der Waals surface area contributed by atoms with Crippen LogP contribution in [0.5, 0.6) is 0 Å². The molecule has 0 saturated carbocycles. The molecule has 2 heterocycles. The van der Waals surface area contributed by atoms with Crippen LogP contribution in [0, 0.1) is 0 Å². The van der Waals surface area contributed by atoms with Crippen molar-refractivity contribution >= 4 is 17.6 Å². The molecule has 7 nitrogen and oxygen atoms in total. The van der Waals surface area contributed by atoms with Crippen LogP contribution in [0.15, 0.2) is 12.4 Å². The minimum atomic E-state index is -0.828. The van der Waals surface area contributed by atoms with Gasteiger partial charge in [-0.2, -0.15) is 0 Å². The van der Waals surface area contributed by atoms with Crippen molar-refractivity contribution in [1.29, 1.82) is 0 Å². The third kappa shape index (κ3) is 3.36. The molecular weight excluding hydrogens is 260 g/mol. The molecule has 1 fully saturated rings. The quantitative estimate of drug-likeness (QED) is 0.777. The topological polar surface area (TPSA) is 89.8 Å². The summed E-state index contributed by atoms with van der Waals surface area (Å²) >= 11 is 0. The smallest absolute Gasteiger partial charge is 0.305 e. The van der Waals surface area contributed by atoms with Gasteiger partial charge in [-0.1, -0.05) is 0 Å². The van der Waals surface area contributed by atoms with Gasteiger partial charge in [0.2, 0.25) is 0 Å². The van der Waals surface area contributed by atoms with Crippen molar-refractivity contribution < 1.29 is 15.0 Å². The fourth-order valence-corrected chi connectivity index (χ4v) is 2.41. The molecule has 2 N–H and O–H groups in total. The Labute approximate surface area is 117 Å². The fraction of sp³-hybridized carbons (Fsp3) is 0.615. The highest BCUT2D eigenvalue weighted by Gasteiger charge is 2.25. The molecule has 1 saturated heterocycles. The van der Waals surface area contributed by atoms with E-state index in [1.54, 1.807) is 4.90 Å². The first-order valence-corrected chi connectivity index (χ1v) is 6.74. The van der Waals surface area contributed by atoms with Crippen LogP contribution < -0.4 is 9.80 Å². The number of aliphatic hydroxyl groups is 1. The Hall–Kier alpha value is -1.89. The molecular formula is C13H20N4O3. The van der Waals surface area contributed by atoms with Crippen molar-refractivity contribution in [3.63, 3.8) is 0 Å². The second-order valence-corrected chi connectivity index (χ2v) is 4.97. The second-order valence-electron chi connectivity index (χ2n) is 4.97. The summed E-state index contributed by atoms with van der Waals surface area (Å²) in [6.45, 7) is 1.39. The molecule has 7 heteroatoms. The van der Waals surface area contributed by atoms with Crippen LogP contribution in [-0.4, -0.2) is 58.9 Å². The number of nitrogens with zero attached hydrogens (tertiary/aromatic N) is 4. The fourth-order valence-electron chi connectivity index (χ4n) is 2.41. The van der Waals surface area contributed by atoms with Crippen molar-refractivity contribution in [3.8, 4) is 0 Å². The van der Waals surface area contributed by atoms with E-state index in [1.165, 1.54) is 6.33 Å². The van der Waals surface area contributed by atoms with Gasteiger partial charge in [-0.15, -0.1) is 0 Å². The molecule has 1 aromatic heterocycles. The molecule has 2 rings (SSSR count). The van der Waals surface area contributed by atoms with Crippen LogP contribution in [-0.2, 0) is 4.79 Å². The molecule has 110 valence electrons. The van der Waals surface area contributed by atoms with Gasteiger partial charge >= 0.3 is 5.97 Å². The summed E-state index contributed by atoms with van der Waals surface area (Å²) in [6, 6.07) is 1.96. The number of anilines is 2. The lowest BCUT2D eigenvalue weighted by Gasteiger charge is -2.25. The average Bonchev–Trinajstić information content (AvgIpc) is 2.93. The maximum Gasteiger partial charge on any atom is 0.305 e. The molecule has 1 aliphatic heterocycles. The van der Waals surface area contributed by atoms with Gasteiger partial charge in [0, 0.05) is 26.2 Å². The van der Waals surface area contributed by atoms with Crippen LogP contribution in [0.2, 0.25) is 0 Å². The summed E-state index contributed by atoms with van der Waals surface area (Å²) in [5.74, 6) is 0.652. The van der Waals surface area contributed by atoms with E-state index in [-0.39, 0.29) is 19.1 Å². The van der Waals surface area contributed by atoms with E-state index in [0.29, 0.717) is 12.4 Å². The SMILES string of the molecule is CN(CCC(=O)O)c1cc(N2CCCC2CO)ncn1. The van der Waals surface area contributed by atoms with Crippen LogP contribution in [0.25, 0.3) is 0 Å². The van der Waals surface area contributed by atoms with Gasteiger partial charge in [0.15, 0.2) is 0 Å². The molecule has 0 bridgehead atoms. The molecule has 0 spiro atoms. The molecule has 0 amide bonds. The minimum Gasteiger partial charge on any atom is -0.481 e. The minimum absolute atomic E-state index is 0.0683. The summed E-state index contributed by atoms with van der Waals surface area (Å²) in [6.07, 6.45) is 3.55. The molecule has 20 heavy (non-hydrogen) atoms. The maximum atomic E-state index is 10.6. The Bertz CT molecular complexity index is 469. The van der Waals surface area contributed by atoms with Gasteiger partial charge < -0.3 is 20.0 Å². The second kappa shape index (κ2) is 6.51. The Morgan fingerprint density at radius 1 is 1.55 bits per heavy atom. The van der Waals surface area contributed by atoms with Gasteiger partial charge in [0.05, 0.1) is 19.1 Å². The Balaban J connectivity index is 2.09. The van der Waals surface area contributed by atoms with Crippen molar-refractivity contribution in [2.75, 3.05) is 36.5 Å². The predicted octanol–water partition coefficient (Wildman–Crippen LogP) is 0.349. The monoisotopic (exact) mass is 280 g/mol. The van der Waals surface area contributed by atoms with Gasteiger partial charge in [-0.05, 0) is 12.8 Å². The number of carboxylic acids is 1. The van der Waals surface area contributed by atoms with Gasteiger partial charge in [-0.25, -0.2) is 9.97 Å². The zero-order valence-corrected chi connectivity index (χ0v) is 11.6. The van der Waals surface area contributed by atoms with E-state index < -0.39 is 5.97 Å². The zero-order chi connectivity index (χ0) is 14.5. The first-order valence-electron chi connectivity index (χ1n) is 6.74. The van der Waals surface area contributed by atoms with Crippen LogP contribution in [0.1, 0.15) is 19.3 Å². The Morgan fingerprint density at radius 2 is 2.35 bits per heavy atom. The number of aliphatic carboxylic acids is 1. The largest absolute Gasteiger partial charge is 0.481 e. The number of carbonyl (C=O) groups is 1. The first kappa shape index (κ1) is 14.5. The number of aromatic nitrogens is 2. The molecule has 1 unspecified atom stereocenters. The number of aliphatic hydroxyl groups excluding tert-OH is 1. The highest BCUT2D eigenvalue weighted by atomic mass is 16.4. The average molecular weight is 280 g/mol. The molecule has 1 aromatic rings. The summed E-state index contributed by atoms with van der Waals surface area (Å²) in [5.41, 5.74) is 0. The van der Waals surface area contributed by atoms with E-state index >= 15 is 0 Å². The lowest BCUT2D eigenvalue weighted by Crippen LogP contribution is -2.33. The van der Waals surface area contributed by atoms with Crippen molar-refractivity contribution in [3.05, 3.63) is 12.4 Å². The summed E-state index contributed by atoms with van der Waals surface area (Å²) < 4.78 is 0. The predicted molar refractivity (Wildman–Crippen MR) is 75.0 cm³/mol. The first-order chi connectivity index (χ1) is 9.61. The molecule has 1 atom stereocenters. The molecule has 1 aliphatic rings. The lowest BCUT2D eigenvalue weighted by molar-refractivity contribution is -0.136. The van der Waals surface area contributed by atoms with Crippen molar-refractivity contribution in [2.24, 2.45) is 0 Å². The van der Waals surface area contributed by atoms with E-state index in [1.807, 2.05) is 13.1 Å². The van der Waals surface area contributed by atoms with Gasteiger partial charge in [0.25, 0.3) is 0 Å². The van der Waals surface area contributed by atoms with Crippen LogP contribution >= 0.6 is 0 Å². The normalized spacial score (nSPS) is 18.3. The van der Waals surface area contributed by atoms with E-state index in [2.05, 4.69) is 14.9 Å². The maximum absolute atomic E-state index is 10.6. The lowest BCUT2D eigenvalue weighted by atomic mass is 10.2. The van der Waals surface area contributed by atoms with Crippen molar-refractivity contribution in [1.82, 2.24) is 9.97 Å². The molecule has 0 radical (unpaired) electrons. The zero-order valence-electron chi connectivity index (χ0n) is 11.6. The standard InChI is InChI=1S/C13H20N4O3/c1-16(6-4-13(19)20)11-7-12(15-9-14-11)17-5-2-3-10(17)8-18/h7,9-10,18H,2-6,8H2,1H3,(H,19,20). The van der Waals surface area contributed by atoms with E-state index in [0.717, 1.165) is 25.2 Å². The number of hydrogen-bond acceptors (Lipinski definition) is 6. The van der Waals surface area contributed by atoms with Crippen LogP contribution in [0.3, 0.4) is 0 Å². The molecule has 0 aliphatic carbocycles. The molecule has 0 aromatic carbocycles. The van der Waals surface area contributed by atoms with Gasteiger partial charge in [-0.3, -0.25) is 4.79 Å². The highest BCUT2D eigenvalue weighted by Crippen LogP contribution is 2.25. The third-order valence-electron chi connectivity index (χ3n) is 3.57. The van der Waals surface area contributed by atoms with Gasteiger partial charge in [0.1, 0.15) is 18.0 Å². The Kier molecular flexibility index (Phi) is 4.73. The van der Waals surface area contributed by atoms with Crippen LogP contribution in [0.4, 0.5) is 11.6 Å². The summed E-state index contributed by atoms with van der Waals surface area (Å²) in [5, 5.41) is 18.1. The third-order valence-corrected chi connectivity index (χ3v) is 3.57. The van der Waals surface area contributed by atoms with E-state index in [9.17, 15) is 9.90 Å². The number of rotatable bonds is 6. The highest BCUT2D eigenvalue weighted by molar-refractivity contribution is 5.67. The van der Waals surface area contributed by atoms with Crippen molar-refractivity contribution in [2.45, 2.75) is 25.3 Å². The Morgan fingerprint density at radius 3 is 3.05 bits per heavy atom.